The Balaban J connectivity index is 2.14. The number of aryl methyl sites for hydroxylation is 1. The zero-order valence-electron chi connectivity index (χ0n) is 8.38. The van der Waals surface area contributed by atoms with Crippen molar-refractivity contribution < 1.29 is 14.6 Å². The SMILES string of the molecule is Cc1cnc(Oc2csc(C(=O)O)c2)nc1. The van der Waals surface area contributed by atoms with Crippen molar-refractivity contribution in [2.45, 2.75) is 6.92 Å². The van der Waals surface area contributed by atoms with Crippen LogP contribution in [-0.2, 0) is 0 Å². The number of aromatic nitrogens is 2. The summed E-state index contributed by atoms with van der Waals surface area (Å²) in [4.78, 5) is 18.8. The minimum Gasteiger partial charge on any atom is -0.477 e. The summed E-state index contributed by atoms with van der Waals surface area (Å²) in [6, 6.07) is 1.65. The number of rotatable bonds is 3. The molecule has 1 N–H and O–H groups in total. The lowest BCUT2D eigenvalue weighted by Crippen LogP contribution is -1.92. The molecule has 2 aromatic rings. The molecule has 0 fully saturated rings. The van der Waals surface area contributed by atoms with Gasteiger partial charge in [0, 0.05) is 23.8 Å². The largest absolute Gasteiger partial charge is 0.477 e. The topological polar surface area (TPSA) is 72.3 Å². The number of ether oxygens (including phenoxy) is 1. The first-order chi connectivity index (χ1) is 7.65. The van der Waals surface area contributed by atoms with Gasteiger partial charge in [0.25, 0.3) is 0 Å². The molecule has 16 heavy (non-hydrogen) atoms. The second-order valence-electron chi connectivity index (χ2n) is 3.10. The highest BCUT2D eigenvalue weighted by atomic mass is 32.1. The molecular weight excluding hydrogens is 228 g/mol. The minimum absolute atomic E-state index is 0.209. The highest BCUT2D eigenvalue weighted by Gasteiger charge is 2.08. The third-order valence-corrected chi connectivity index (χ3v) is 2.65. The maximum absolute atomic E-state index is 10.6. The fourth-order valence-electron chi connectivity index (χ4n) is 1.02. The van der Waals surface area contributed by atoms with Crippen LogP contribution in [0.15, 0.2) is 23.8 Å². The first-order valence-electron chi connectivity index (χ1n) is 4.43. The summed E-state index contributed by atoms with van der Waals surface area (Å²) in [5.74, 6) is -0.532. The quantitative estimate of drug-likeness (QED) is 0.885. The Morgan fingerprint density at radius 1 is 1.44 bits per heavy atom. The zero-order chi connectivity index (χ0) is 11.5. The Hall–Kier alpha value is -1.95. The molecule has 0 saturated heterocycles. The normalized spacial score (nSPS) is 10.1. The molecule has 0 aliphatic rings. The summed E-state index contributed by atoms with van der Waals surface area (Å²) < 4.78 is 5.29. The van der Waals surface area contributed by atoms with E-state index in [1.54, 1.807) is 17.8 Å². The highest BCUT2D eigenvalue weighted by Crippen LogP contribution is 2.24. The molecule has 0 amide bonds. The molecule has 5 nitrogen and oxygen atoms in total. The van der Waals surface area contributed by atoms with Gasteiger partial charge in [-0.25, -0.2) is 14.8 Å². The van der Waals surface area contributed by atoms with Gasteiger partial charge in [0.15, 0.2) is 0 Å². The van der Waals surface area contributed by atoms with Crippen molar-refractivity contribution >= 4 is 17.3 Å². The van der Waals surface area contributed by atoms with Gasteiger partial charge in [-0.3, -0.25) is 0 Å². The average molecular weight is 236 g/mol. The Bertz CT molecular complexity index is 507. The summed E-state index contributed by atoms with van der Waals surface area (Å²) in [5.41, 5.74) is 0.934. The number of carbonyl (C=O) groups is 1. The lowest BCUT2D eigenvalue weighted by atomic mass is 10.4. The van der Waals surface area contributed by atoms with Crippen LogP contribution in [0.25, 0.3) is 0 Å². The van der Waals surface area contributed by atoms with E-state index >= 15 is 0 Å². The second kappa shape index (κ2) is 4.28. The van der Waals surface area contributed by atoms with Crippen molar-refractivity contribution in [2.75, 3.05) is 0 Å². The molecule has 0 aliphatic heterocycles. The zero-order valence-corrected chi connectivity index (χ0v) is 9.19. The molecule has 2 rings (SSSR count). The van der Waals surface area contributed by atoms with Gasteiger partial charge >= 0.3 is 12.0 Å². The van der Waals surface area contributed by atoms with E-state index in [1.165, 1.54) is 6.07 Å². The standard InChI is InChI=1S/C10H8N2O3S/c1-6-3-11-10(12-4-6)15-7-2-8(9(13)14)16-5-7/h2-5H,1H3,(H,13,14). The lowest BCUT2D eigenvalue weighted by molar-refractivity contribution is 0.0702. The van der Waals surface area contributed by atoms with E-state index in [-0.39, 0.29) is 10.9 Å². The monoisotopic (exact) mass is 236 g/mol. The third-order valence-electron chi connectivity index (χ3n) is 1.75. The van der Waals surface area contributed by atoms with Crippen molar-refractivity contribution in [1.29, 1.82) is 0 Å². The Morgan fingerprint density at radius 3 is 2.69 bits per heavy atom. The van der Waals surface area contributed by atoms with Crippen molar-refractivity contribution in [3.05, 3.63) is 34.3 Å². The van der Waals surface area contributed by atoms with Gasteiger partial charge < -0.3 is 9.84 Å². The first kappa shape index (κ1) is 10.6. The van der Waals surface area contributed by atoms with E-state index in [2.05, 4.69) is 9.97 Å². The van der Waals surface area contributed by atoms with Crippen LogP contribution >= 0.6 is 11.3 Å². The van der Waals surface area contributed by atoms with Crippen LogP contribution in [-0.4, -0.2) is 21.0 Å². The van der Waals surface area contributed by atoms with Gasteiger partial charge in [0.05, 0.1) is 0 Å². The van der Waals surface area contributed by atoms with Crippen LogP contribution < -0.4 is 4.74 Å². The summed E-state index contributed by atoms with van der Waals surface area (Å²) in [5, 5.41) is 10.3. The fraction of sp³-hybridized carbons (Fsp3) is 0.100. The Kier molecular flexibility index (Phi) is 2.82. The summed E-state index contributed by atoms with van der Waals surface area (Å²) >= 11 is 1.10. The lowest BCUT2D eigenvalue weighted by Gasteiger charge is -1.99. The molecule has 0 unspecified atom stereocenters. The van der Waals surface area contributed by atoms with E-state index in [9.17, 15) is 4.79 Å². The molecule has 0 spiro atoms. The van der Waals surface area contributed by atoms with E-state index in [0.717, 1.165) is 16.9 Å². The van der Waals surface area contributed by atoms with Crippen LogP contribution in [0, 0.1) is 6.92 Å². The Morgan fingerprint density at radius 2 is 2.12 bits per heavy atom. The third kappa shape index (κ3) is 2.34. The molecule has 0 bridgehead atoms. The first-order valence-corrected chi connectivity index (χ1v) is 5.31. The van der Waals surface area contributed by atoms with Crippen molar-refractivity contribution in [1.82, 2.24) is 9.97 Å². The van der Waals surface area contributed by atoms with Gasteiger partial charge in [0.2, 0.25) is 0 Å². The van der Waals surface area contributed by atoms with Crippen molar-refractivity contribution in [3.63, 3.8) is 0 Å². The van der Waals surface area contributed by atoms with E-state index in [1.807, 2.05) is 6.92 Å². The van der Waals surface area contributed by atoms with Gasteiger partial charge in [-0.05, 0) is 12.5 Å². The smallest absolute Gasteiger partial charge is 0.346 e. The Labute approximate surface area is 95.4 Å². The summed E-state index contributed by atoms with van der Waals surface area (Å²) in [6.45, 7) is 1.87. The molecule has 0 atom stereocenters. The number of hydrogen-bond acceptors (Lipinski definition) is 5. The number of nitrogens with zero attached hydrogens (tertiary/aromatic N) is 2. The second-order valence-corrected chi connectivity index (χ2v) is 4.01. The molecule has 82 valence electrons. The van der Waals surface area contributed by atoms with Crippen LogP contribution in [0.2, 0.25) is 0 Å². The van der Waals surface area contributed by atoms with E-state index in [4.69, 9.17) is 9.84 Å². The maximum atomic E-state index is 10.6. The number of thiophene rings is 1. The van der Waals surface area contributed by atoms with Crippen LogP contribution in [0.3, 0.4) is 0 Å². The molecular formula is C10H8N2O3S. The van der Waals surface area contributed by atoms with Crippen molar-refractivity contribution in [2.24, 2.45) is 0 Å². The number of carboxylic acids is 1. The van der Waals surface area contributed by atoms with Gasteiger partial charge in [-0.2, -0.15) is 0 Å². The molecule has 0 aliphatic carbocycles. The van der Waals surface area contributed by atoms with Gasteiger partial charge in [-0.15, -0.1) is 11.3 Å². The number of carboxylic acid groups (broad SMARTS) is 1. The molecule has 0 radical (unpaired) electrons. The van der Waals surface area contributed by atoms with E-state index < -0.39 is 5.97 Å². The number of hydrogen-bond donors (Lipinski definition) is 1. The minimum atomic E-state index is -0.968. The van der Waals surface area contributed by atoms with Crippen LogP contribution in [0.1, 0.15) is 15.2 Å². The highest BCUT2D eigenvalue weighted by molar-refractivity contribution is 7.12. The maximum Gasteiger partial charge on any atom is 0.346 e. The molecule has 2 heterocycles. The summed E-state index contributed by atoms with van der Waals surface area (Å²) in [6.07, 6.45) is 3.26. The average Bonchev–Trinajstić information content (AvgIpc) is 2.70. The van der Waals surface area contributed by atoms with Crippen LogP contribution in [0.5, 0.6) is 11.8 Å². The molecule has 0 aromatic carbocycles. The van der Waals surface area contributed by atoms with E-state index in [0.29, 0.717) is 5.75 Å². The predicted octanol–water partition coefficient (Wildman–Crippen LogP) is 2.34. The van der Waals surface area contributed by atoms with Gasteiger partial charge in [-0.1, -0.05) is 0 Å². The number of aromatic carboxylic acids is 1. The van der Waals surface area contributed by atoms with Gasteiger partial charge in [0.1, 0.15) is 10.6 Å². The molecule has 2 aromatic heterocycles. The molecule has 6 heteroatoms. The fourth-order valence-corrected chi connectivity index (χ4v) is 1.67. The van der Waals surface area contributed by atoms with Crippen LogP contribution in [0.4, 0.5) is 0 Å². The predicted molar refractivity (Wildman–Crippen MR) is 58.1 cm³/mol. The van der Waals surface area contributed by atoms with Crippen molar-refractivity contribution in [3.8, 4) is 11.8 Å². The molecule has 0 saturated carbocycles. The summed E-state index contributed by atoms with van der Waals surface area (Å²) in [7, 11) is 0.